The lowest BCUT2D eigenvalue weighted by molar-refractivity contribution is -0.211. The van der Waals surface area contributed by atoms with Gasteiger partial charge in [-0.25, -0.2) is 0 Å². The van der Waals surface area contributed by atoms with Crippen LogP contribution in [0, 0.1) is 0 Å². The van der Waals surface area contributed by atoms with E-state index in [4.69, 9.17) is 4.74 Å². The molecule has 1 fully saturated rings. The molecule has 2 unspecified atom stereocenters. The molecule has 3 N–H and O–H groups in total. The highest BCUT2D eigenvalue weighted by Crippen LogP contribution is 2.19. The quantitative estimate of drug-likeness (QED) is 0.422. The molecule has 11 heavy (non-hydrogen) atoms. The van der Waals surface area contributed by atoms with Crippen molar-refractivity contribution < 1.29 is 20.1 Å². The number of aliphatic hydroxyl groups is 3. The summed E-state index contributed by atoms with van der Waals surface area (Å²) in [6, 6.07) is 0. The largest absolute Gasteiger partial charge is 0.388 e. The summed E-state index contributed by atoms with van der Waals surface area (Å²) in [5.74, 6) is 0. The van der Waals surface area contributed by atoms with Crippen molar-refractivity contribution in [2.75, 3.05) is 0 Å². The van der Waals surface area contributed by atoms with Crippen LogP contribution in [0.25, 0.3) is 0 Å². The summed E-state index contributed by atoms with van der Waals surface area (Å²) in [6.45, 7) is 3.33. The van der Waals surface area contributed by atoms with Gasteiger partial charge in [0.1, 0.15) is 18.3 Å². The van der Waals surface area contributed by atoms with Crippen LogP contribution in [0.15, 0.2) is 0 Å². The number of ether oxygens (including phenoxy) is 1. The fourth-order valence-corrected chi connectivity index (χ4v) is 1.26. The second kappa shape index (κ2) is 3.06. The SMILES string of the molecule is CC1O[C@H](C)C(O)[C@@H](O)[C@H]1O. The minimum atomic E-state index is -1.09. The molecule has 0 aromatic heterocycles. The standard InChI is InChI=1S/C7H14O4/c1-3-5(8)7(10)6(9)4(2)11-3/h3-10H,1-2H3/t3-,4?,5?,6+,7-/m1/s1. The number of hydrogen-bond donors (Lipinski definition) is 3. The maximum atomic E-state index is 9.21. The van der Waals surface area contributed by atoms with Crippen LogP contribution >= 0.6 is 0 Å². The van der Waals surface area contributed by atoms with Gasteiger partial charge in [-0.1, -0.05) is 0 Å². The normalized spacial score (nSPS) is 52.6. The van der Waals surface area contributed by atoms with Gasteiger partial charge in [0.25, 0.3) is 0 Å². The Morgan fingerprint density at radius 1 is 0.818 bits per heavy atom. The molecule has 1 saturated heterocycles. The third-order valence-electron chi connectivity index (χ3n) is 2.09. The highest BCUT2D eigenvalue weighted by atomic mass is 16.5. The second-order valence-electron chi connectivity index (χ2n) is 3.02. The lowest BCUT2D eigenvalue weighted by Crippen LogP contribution is -2.55. The van der Waals surface area contributed by atoms with Crippen LogP contribution in [-0.4, -0.2) is 45.8 Å². The van der Waals surface area contributed by atoms with Crippen LogP contribution in [0.2, 0.25) is 0 Å². The molecule has 0 spiro atoms. The van der Waals surface area contributed by atoms with Crippen molar-refractivity contribution in [3.8, 4) is 0 Å². The Labute approximate surface area is 65.4 Å². The fourth-order valence-electron chi connectivity index (χ4n) is 1.26. The average molecular weight is 162 g/mol. The fraction of sp³-hybridized carbons (Fsp3) is 1.00. The summed E-state index contributed by atoms with van der Waals surface area (Å²) in [5, 5.41) is 27.6. The minimum Gasteiger partial charge on any atom is -0.388 e. The van der Waals surface area contributed by atoms with Crippen LogP contribution < -0.4 is 0 Å². The smallest absolute Gasteiger partial charge is 0.111 e. The Kier molecular flexibility index (Phi) is 2.49. The molecule has 1 heterocycles. The van der Waals surface area contributed by atoms with Gasteiger partial charge in [0.15, 0.2) is 0 Å². The molecule has 0 bridgehead atoms. The van der Waals surface area contributed by atoms with Crippen LogP contribution in [0.3, 0.4) is 0 Å². The molecule has 0 radical (unpaired) electrons. The number of hydrogen-bond acceptors (Lipinski definition) is 4. The Bertz CT molecular complexity index is 124. The van der Waals surface area contributed by atoms with E-state index in [1.807, 2.05) is 0 Å². The second-order valence-corrected chi connectivity index (χ2v) is 3.02. The lowest BCUT2D eigenvalue weighted by Gasteiger charge is -2.37. The summed E-state index contributed by atoms with van der Waals surface area (Å²) in [4.78, 5) is 0. The Balaban J connectivity index is 2.63. The predicted molar refractivity (Wildman–Crippen MR) is 38.0 cm³/mol. The van der Waals surface area contributed by atoms with Crippen molar-refractivity contribution in [2.45, 2.75) is 44.4 Å². The topological polar surface area (TPSA) is 69.9 Å². The maximum Gasteiger partial charge on any atom is 0.111 e. The first kappa shape index (κ1) is 8.93. The Morgan fingerprint density at radius 2 is 1.18 bits per heavy atom. The van der Waals surface area contributed by atoms with E-state index in [0.717, 1.165) is 0 Å². The van der Waals surface area contributed by atoms with E-state index in [1.54, 1.807) is 13.8 Å². The maximum absolute atomic E-state index is 9.21. The molecule has 1 aliphatic heterocycles. The molecule has 0 saturated carbocycles. The Hall–Kier alpha value is -0.160. The van der Waals surface area contributed by atoms with Crippen molar-refractivity contribution in [3.05, 3.63) is 0 Å². The van der Waals surface area contributed by atoms with Crippen LogP contribution in [-0.2, 0) is 4.74 Å². The van der Waals surface area contributed by atoms with Crippen LogP contribution in [0.1, 0.15) is 13.8 Å². The molecule has 4 nitrogen and oxygen atoms in total. The van der Waals surface area contributed by atoms with Gasteiger partial charge < -0.3 is 20.1 Å². The summed E-state index contributed by atoms with van der Waals surface area (Å²) in [6.07, 6.45) is -3.89. The van der Waals surface area contributed by atoms with E-state index in [9.17, 15) is 15.3 Å². The number of aliphatic hydroxyl groups excluding tert-OH is 3. The molecule has 0 aliphatic carbocycles. The molecule has 0 aromatic rings. The monoisotopic (exact) mass is 162 g/mol. The highest BCUT2D eigenvalue weighted by molar-refractivity contribution is 4.88. The van der Waals surface area contributed by atoms with Gasteiger partial charge in [-0.3, -0.25) is 0 Å². The molecule has 66 valence electrons. The van der Waals surface area contributed by atoms with Crippen molar-refractivity contribution >= 4 is 0 Å². The van der Waals surface area contributed by atoms with E-state index in [2.05, 4.69) is 0 Å². The van der Waals surface area contributed by atoms with Crippen LogP contribution in [0.4, 0.5) is 0 Å². The molecule has 5 atom stereocenters. The number of rotatable bonds is 0. The summed E-state index contributed by atoms with van der Waals surface area (Å²) >= 11 is 0. The van der Waals surface area contributed by atoms with Gasteiger partial charge in [0.05, 0.1) is 12.2 Å². The zero-order valence-electron chi connectivity index (χ0n) is 6.64. The first-order valence-electron chi connectivity index (χ1n) is 3.73. The minimum absolute atomic E-state index is 0.414. The molecular weight excluding hydrogens is 148 g/mol. The lowest BCUT2D eigenvalue weighted by atomic mass is 9.97. The van der Waals surface area contributed by atoms with Gasteiger partial charge >= 0.3 is 0 Å². The van der Waals surface area contributed by atoms with Gasteiger partial charge in [-0.2, -0.15) is 0 Å². The third kappa shape index (κ3) is 1.54. The average Bonchev–Trinajstić information content (AvgIpc) is 1.97. The van der Waals surface area contributed by atoms with Gasteiger partial charge in [0, 0.05) is 0 Å². The molecule has 4 heteroatoms. The summed E-state index contributed by atoms with van der Waals surface area (Å²) < 4.78 is 5.12. The molecule has 0 amide bonds. The van der Waals surface area contributed by atoms with E-state index >= 15 is 0 Å². The van der Waals surface area contributed by atoms with E-state index in [-0.39, 0.29) is 0 Å². The zero-order valence-corrected chi connectivity index (χ0v) is 6.64. The van der Waals surface area contributed by atoms with Crippen molar-refractivity contribution in [2.24, 2.45) is 0 Å². The van der Waals surface area contributed by atoms with Crippen molar-refractivity contribution in [1.29, 1.82) is 0 Å². The van der Waals surface area contributed by atoms with Gasteiger partial charge in [-0.15, -0.1) is 0 Å². The third-order valence-corrected chi connectivity index (χ3v) is 2.09. The molecular formula is C7H14O4. The van der Waals surface area contributed by atoms with Crippen molar-refractivity contribution in [1.82, 2.24) is 0 Å². The van der Waals surface area contributed by atoms with E-state index in [0.29, 0.717) is 0 Å². The van der Waals surface area contributed by atoms with Gasteiger partial charge in [-0.05, 0) is 13.8 Å². The summed E-state index contributed by atoms with van der Waals surface area (Å²) in [5.41, 5.74) is 0. The highest BCUT2D eigenvalue weighted by Gasteiger charge is 2.39. The van der Waals surface area contributed by atoms with E-state index in [1.165, 1.54) is 0 Å². The van der Waals surface area contributed by atoms with E-state index < -0.39 is 30.5 Å². The predicted octanol–water partition coefficient (Wildman–Crippen LogP) is -1.12. The zero-order chi connectivity index (χ0) is 8.59. The summed E-state index contributed by atoms with van der Waals surface area (Å²) in [7, 11) is 0. The Morgan fingerprint density at radius 3 is 1.55 bits per heavy atom. The molecule has 0 aromatic carbocycles. The first-order valence-corrected chi connectivity index (χ1v) is 3.73. The van der Waals surface area contributed by atoms with Crippen molar-refractivity contribution in [3.63, 3.8) is 0 Å². The van der Waals surface area contributed by atoms with Gasteiger partial charge in [0.2, 0.25) is 0 Å². The molecule has 1 rings (SSSR count). The molecule has 1 aliphatic rings. The van der Waals surface area contributed by atoms with Crippen LogP contribution in [0.5, 0.6) is 0 Å². The first-order chi connectivity index (χ1) is 5.04.